The van der Waals surface area contributed by atoms with Crippen molar-refractivity contribution < 1.29 is 33.6 Å². The maximum absolute atomic E-state index is 8.29. The zero-order valence-electron chi connectivity index (χ0n) is 12.9. The van der Waals surface area contributed by atoms with E-state index in [1.807, 2.05) is 5.48 Å². The van der Waals surface area contributed by atoms with Gasteiger partial charge in [-0.25, -0.2) is 5.48 Å². The molecule has 0 heterocycles. The summed E-state index contributed by atoms with van der Waals surface area (Å²) in [5, 5.41) is 8.29. The highest BCUT2D eigenvalue weighted by molar-refractivity contribution is 4.36. The smallest absolute Gasteiger partial charge is 0.0701 e. The molecule has 0 fully saturated rings. The molecule has 0 aromatic rings. The number of hydrogen-bond donors (Lipinski definition) is 2. The second-order valence-corrected chi connectivity index (χ2v) is 3.96. The van der Waals surface area contributed by atoms with E-state index in [0.717, 1.165) is 0 Å². The summed E-state index contributed by atoms with van der Waals surface area (Å²) in [5.74, 6) is 0. The Kier molecular flexibility index (Phi) is 19.4. The van der Waals surface area contributed by atoms with E-state index in [4.69, 9.17) is 33.6 Å². The van der Waals surface area contributed by atoms with Crippen LogP contribution in [0.25, 0.3) is 0 Å². The molecule has 0 bridgehead atoms. The van der Waals surface area contributed by atoms with Crippen molar-refractivity contribution in [3.05, 3.63) is 0 Å². The molecular weight excluding hydrogens is 282 g/mol. The molecule has 0 amide bonds. The van der Waals surface area contributed by atoms with E-state index in [0.29, 0.717) is 79.2 Å². The van der Waals surface area contributed by atoms with Gasteiger partial charge in [-0.1, -0.05) is 0 Å². The van der Waals surface area contributed by atoms with Gasteiger partial charge < -0.3 is 33.6 Å². The highest BCUT2D eigenvalue weighted by atomic mass is 16.6. The van der Waals surface area contributed by atoms with Crippen molar-refractivity contribution in [2.24, 2.45) is 0 Å². The number of ether oxygens (including phenoxy) is 6. The number of nitrogens with one attached hydrogen (secondary N) is 1. The topological polar surface area (TPSA) is 87.6 Å². The van der Waals surface area contributed by atoms with Crippen molar-refractivity contribution in [2.45, 2.75) is 0 Å². The van der Waals surface area contributed by atoms with Crippen LogP contribution in [-0.4, -0.2) is 91.5 Å². The van der Waals surface area contributed by atoms with Crippen LogP contribution in [0.4, 0.5) is 0 Å². The monoisotopic (exact) mass is 311 g/mol. The van der Waals surface area contributed by atoms with E-state index in [2.05, 4.69) is 0 Å². The Balaban J connectivity index is 2.90. The van der Waals surface area contributed by atoms with Crippen LogP contribution in [-0.2, 0) is 28.4 Å². The maximum Gasteiger partial charge on any atom is 0.0701 e. The summed E-state index contributed by atoms with van der Waals surface area (Å²) in [6.45, 7) is 6.38. The van der Waals surface area contributed by atoms with Gasteiger partial charge in [-0.15, -0.1) is 0 Å². The zero-order valence-corrected chi connectivity index (χ0v) is 12.9. The van der Waals surface area contributed by atoms with Gasteiger partial charge in [0.05, 0.1) is 72.7 Å². The summed E-state index contributed by atoms with van der Waals surface area (Å²) in [6, 6.07) is 0. The van der Waals surface area contributed by atoms with Gasteiger partial charge >= 0.3 is 0 Å². The third-order valence-electron chi connectivity index (χ3n) is 2.28. The van der Waals surface area contributed by atoms with E-state index in [9.17, 15) is 0 Å². The van der Waals surface area contributed by atoms with Crippen LogP contribution in [0.2, 0.25) is 0 Å². The van der Waals surface area contributed by atoms with E-state index in [1.165, 1.54) is 0 Å². The minimum atomic E-state index is 0.417. The minimum Gasteiger partial charge on any atom is -0.382 e. The van der Waals surface area contributed by atoms with Gasteiger partial charge in [0.25, 0.3) is 0 Å². The highest BCUT2D eigenvalue weighted by Crippen LogP contribution is 1.83. The van der Waals surface area contributed by atoms with E-state index < -0.39 is 0 Å². The second kappa shape index (κ2) is 19.7. The molecule has 0 unspecified atom stereocenters. The fourth-order valence-corrected chi connectivity index (χ4v) is 1.24. The SMILES string of the molecule is COCCOCCOCCOCCOCCOCCNO. The predicted molar refractivity (Wildman–Crippen MR) is 75.8 cm³/mol. The second-order valence-electron chi connectivity index (χ2n) is 3.96. The summed E-state index contributed by atoms with van der Waals surface area (Å²) >= 11 is 0. The standard InChI is InChI=1S/C13H29NO7/c1-16-4-5-18-8-9-20-12-13-21-11-10-19-7-6-17-3-2-14-15/h14-15H,2-13H2,1H3. The first-order valence-corrected chi connectivity index (χ1v) is 7.16. The number of rotatable bonds is 18. The van der Waals surface area contributed by atoms with Crippen LogP contribution in [0.5, 0.6) is 0 Å². The lowest BCUT2D eigenvalue weighted by Crippen LogP contribution is -2.17. The molecule has 21 heavy (non-hydrogen) atoms. The molecule has 8 nitrogen and oxygen atoms in total. The number of methoxy groups -OCH3 is 1. The molecule has 0 rings (SSSR count). The van der Waals surface area contributed by atoms with Gasteiger partial charge in [0.1, 0.15) is 0 Å². The van der Waals surface area contributed by atoms with Gasteiger partial charge in [0.15, 0.2) is 0 Å². The Morgan fingerprint density at radius 3 is 1.24 bits per heavy atom. The molecule has 0 atom stereocenters. The number of hydrogen-bond acceptors (Lipinski definition) is 8. The number of hydroxylamine groups is 1. The highest BCUT2D eigenvalue weighted by Gasteiger charge is 1.93. The Morgan fingerprint density at radius 1 is 0.571 bits per heavy atom. The lowest BCUT2D eigenvalue weighted by molar-refractivity contribution is -0.0155. The van der Waals surface area contributed by atoms with Gasteiger partial charge in [0, 0.05) is 13.7 Å². The lowest BCUT2D eigenvalue weighted by atomic mass is 10.6. The van der Waals surface area contributed by atoms with E-state index in [-0.39, 0.29) is 0 Å². The van der Waals surface area contributed by atoms with Gasteiger partial charge in [-0.3, -0.25) is 0 Å². The van der Waals surface area contributed by atoms with Crippen LogP contribution in [0.15, 0.2) is 0 Å². The molecule has 0 aliphatic heterocycles. The van der Waals surface area contributed by atoms with Crippen molar-refractivity contribution in [1.29, 1.82) is 0 Å². The summed E-state index contributed by atoms with van der Waals surface area (Å²) in [7, 11) is 1.64. The Hall–Kier alpha value is -0.320. The summed E-state index contributed by atoms with van der Waals surface area (Å²) < 4.78 is 31.2. The molecular formula is C13H29NO7. The van der Waals surface area contributed by atoms with Crippen LogP contribution in [0.1, 0.15) is 0 Å². The first kappa shape index (κ1) is 20.7. The molecule has 0 aliphatic rings. The molecule has 0 aromatic heterocycles. The fourth-order valence-electron chi connectivity index (χ4n) is 1.24. The Morgan fingerprint density at radius 2 is 0.905 bits per heavy atom. The van der Waals surface area contributed by atoms with E-state index in [1.54, 1.807) is 7.11 Å². The molecule has 0 spiro atoms. The summed E-state index contributed by atoms with van der Waals surface area (Å²) in [5.41, 5.74) is 2.01. The first-order valence-electron chi connectivity index (χ1n) is 7.16. The van der Waals surface area contributed by atoms with Gasteiger partial charge in [-0.05, 0) is 0 Å². The average molecular weight is 311 g/mol. The fraction of sp³-hybridized carbons (Fsp3) is 1.00. The van der Waals surface area contributed by atoms with Crippen molar-refractivity contribution in [2.75, 3.05) is 86.3 Å². The predicted octanol–water partition coefficient (Wildman–Crippen LogP) is -0.305. The van der Waals surface area contributed by atoms with Crippen molar-refractivity contribution in [1.82, 2.24) is 5.48 Å². The molecule has 0 saturated heterocycles. The van der Waals surface area contributed by atoms with Gasteiger partial charge in [0.2, 0.25) is 0 Å². The van der Waals surface area contributed by atoms with Crippen molar-refractivity contribution in [3.63, 3.8) is 0 Å². The third-order valence-corrected chi connectivity index (χ3v) is 2.28. The summed E-state index contributed by atoms with van der Waals surface area (Å²) in [6.07, 6.45) is 0. The largest absolute Gasteiger partial charge is 0.382 e. The van der Waals surface area contributed by atoms with Crippen LogP contribution >= 0.6 is 0 Å². The molecule has 0 aliphatic carbocycles. The van der Waals surface area contributed by atoms with Crippen LogP contribution < -0.4 is 5.48 Å². The molecule has 0 radical (unpaired) electrons. The molecule has 128 valence electrons. The molecule has 0 aromatic carbocycles. The van der Waals surface area contributed by atoms with Crippen molar-refractivity contribution in [3.8, 4) is 0 Å². The average Bonchev–Trinajstić information content (AvgIpc) is 2.50. The zero-order chi connectivity index (χ0) is 15.4. The molecule has 0 saturated carbocycles. The van der Waals surface area contributed by atoms with Crippen LogP contribution in [0, 0.1) is 0 Å². The quantitative estimate of drug-likeness (QED) is 0.263. The Bertz CT molecular complexity index is 168. The molecule has 2 N–H and O–H groups in total. The first-order chi connectivity index (χ1) is 10.4. The maximum atomic E-state index is 8.29. The minimum absolute atomic E-state index is 0.417. The lowest BCUT2D eigenvalue weighted by Gasteiger charge is -2.07. The molecule has 8 heteroatoms. The normalized spacial score (nSPS) is 11.1. The summed E-state index contributed by atoms with van der Waals surface area (Å²) in [4.78, 5) is 0. The van der Waals surface area contributed by atoms with Crippen LogP contribution in [0.3, 0.4) is 0 Å². The van der Waals surface area contributed by atoms with Crippen molar-refractivity contribution >= 4 is 0 Å². The Labute approximate surface area is 126 Å². The third kappa shape index (κ3) is 19.7. The van der Waals surface area contributed by atoms with Gasteiger partial charge in [-0.2, -0.15) is 0 Å². The van der Waals surface area contributed by atoms with E-state index >= 15 is 0 Å².